The Balaban J connectivity index is 0.00000441. The highest BCUT2D eigenvalue weighted by Gasteiger charge is 2.15. The summed E-state index contributed by atoms with van der Waals surface area (Å²) in [5, 5.41) is 2.57. The number of nitrogens with one attached hydrogen (secondary N) is 1. The first-order chi connectivity index (χ1) is 9.75. The van der Waals surface area contributed by atoms with Gasteiger partial charge in [-0.15, -0.1) is 12.4 Å². The molecule has 1 aromatic rings. The van der Waals surface area contributed by atoms with Crippen molar-refractivity contribution in [1.82, 2.24) is 5.32 Å². The van der Waals surface area contributed by atoms with Crippen LogP contribution in [0.2, 0.25) is 0 Å². The van der Waals surface area contributed by atoms with Gasteiger partial charge in [0.1, 0.15) is 5.75 Å². The highest BCUT2D eigenvalue weighted by molar-refractivity contribution is 7.92. The molecule has 0 aliphatic rings. The largest absolute Gasteiger partial charge is 0.353 e. The molecule has 1 rings (SSSR count). The number of sulfone groups is 1. The summed E-state index contributed by atoms with van der Waals surface area (Å²) in [7, 11) is -3.30. The fraction of sp³-hybridized carbons (Fsp3) is 0.533. The molecule has 7 heteroatoms. The summed E-state index contributed by atoms with van der Waals surface area (Å²) in [6.07, 6.45) is 0. The second kappa shape index (κ2) is 9.12. The molecular formula is C15H25ClN2O3S. The molecule has 0 radical (unpaired) electrons. The molecule has 0 bridgehead atoms. The molecule has 0 saturated carbocycles. The number of rotatable bonds is 7. The lowest BCUT2D eigenvalue weighted by atomic mass is 9.99. The number of hydrogen-bond donors (Lipinski definition) is 2. The summed E-state index contributed by atoms with van der Waals surface area (Å²) < 4.78 is 22.7. The Morgan fingerprint density at radius 3 is 2.14 bits per heavy atom. The highest BCUT2D eigenvalue weighted by atomic mass is 35.5. The van der Waals surface area contributed by atoms with Crippen LogP contribution in [0, 0.1) is 0 Å². The molecule has 0 aliphatic carbocycles. The van der Waals surface area contributed by atoms with Gasteiger partial charge < -0.3 is 11.1 Å². The maximum atomic E-state index is 11.6. The van der Waals surface area contributed by atoms with Crippen LogP contribution in [0.4, 0.5) is 0 Å². The molecular weight excluding hydrogens is 324 g/mol. The van der Waals surface area contributed by atoms with Crippen LogP contribution in [0.25, 0.3) is 0 Å². The Morgan fingerprint density at radius 2 is 1.68 bits per heavy atom. The van der Waals surface area contributed by atoms with Crippen molar-refractivity contribution >= 4 is 28.2 Å². The van der Waals surface area contributed by atoms with Crippen molar-refractivity contribution in [2.24, 2.45) is 5.73 Å². The lowest BCUT2D eigenvalue weighted by molar-refractivity contribution is -0.118. The van der Waals surface area contributed by atoms with Crippen molar-refractivity contribution < 1.29 is 13.2 Å². The van der Waals surface area contributed by atoms with Gasteiger partial charge in [-0.05, 0) is 17.0 Å². The van der Waals surface area contributed by atoms with Crippen LogP contribution in [0.15, 0.2) is 24.3 Å². The van der Waals surface area contributed by atoms with Crippen molar-refractivity contribution in [2.45, 2.75) is 32.7 Å². The van der Waals surface area contributed by atoms with Crippen LogP contribution in [-0.4, -0.2) is 32.4 Å². The third-order valence-electron chi connectivity index (χ3n) is 3.34. The SMILES string of the molecule is CCS(=O)(=O)CC(=O)NCC(N)c1ccc(C(C)C)cc1.Cl. The second-order valence-corrected chi connectivity index (χ2v) is 7.76. The molecule has 0 spiro atoms. The van der Waals surface area contributed by atoms with E-state index in [0.29, 0.717) is 5.92 Å². The molecule has 1 aromatic carbocycles. The number of hydrogen-bond acceptors (Lipinski definition) is 4. The number of benzene rings is 1. The zero-order chi connectivity index (χ0) is 16.0. The number of nitrogens with two attached hydrogens (primary N) is 1. The van der Waals surface area contributed by atoms with E-state index < -0.39 is 21.5 Å². The zero-order valence-corrected chi connectivity index (χ0v) is 14.8. The van der Waals surface area contributed by atoms with E-state index in [9.17, 15) is 13.2 Å². The summed E-state index contributed by atoms with van der Waals surface area (Å²) >= 11 is 0. The van der Waals surface area contributed by atoms with E-state index >= 15 is 0 Å². The van der Waals surface area contributed by atoms with Gasteiger partial charge in [-0.25, -0.2) is 8.42 Å². The minimum absolute atomic E-state index is 0. The fourth-order valence-corrected chi connectivity index (χ4v) is 2.53. The number of amides is 1. The summed E-state index contributed by atoms with van der Waals surface area (Å²) in [5.74, 6) is -0.577. The normalized spacial score (nSPS) is 12.6. The van der Waals surface area contributed by atoms with Gasteiger partial charge in [-0.1, -0.05) is 45.0 Å². The maximum Gasteiger partial charge on any atom is 0.235 e. The molecule has 0 aromatic heterocycles. The molecule has 0 fully saturated rings. The topological polar surface area (TPSA) is 89.3 Å². The minimum Gasteiger partial charge on any atom is -0.353 e. The highest BCUT2D eigenvalue weighted by Crippen LogP contribution is 2.17. The Hall–Kier alpha value is -1.11. The van der Waals surface area contributed by atoms with Crippen LogP contribution in [0.5, 0.6) is 0 Å². The first kappa shape index (κ1) is 20.9. The van der Waals surface area contributed by atoms with E-state index in [1.165, 1.54) is 12.5 Å². The minimum atomic E-state index is -3.30. The molecule has 1 amide bonds. The average molecular weight is 349 g/mol. The van der Waals surface area contributed by atoms with E-state index in [4.69, 9.17) is 5.73 Å². The van der Waals surface area contributed by atoms with Crippen LogP contribution >= 0.6 is 12.4 Å². The molecule has 0 heterocycles. The molecule has 0 saturated heterocycles. The van der Waals surface area contributed by atoms with Crippen molar-refractivity contribution in [3.05, 3.63) is 35.4 Å². The number of halogens is 1. The molecule has 1 unspecified atom stereocenters. The lowest BCUT2D eigenvalue weighted by Gasteiger charge is -2.14. The maximum absolute atomic E-state index is 11.6. The molecule has 22 heavy (non-hydrogen) atoms. The molecule has 126 valence electrons. The van der Waals surface area contributed by atoms with Gasteiger partial charge in [0.05, 0.1) is 0 Å². The van der Waals surface area contributed by atoms with Crippen LogP contribution in [0.3, 0.4) is 0 Å². The summed E-state index contributed by atoms with van der Waals surface area (Å²) in [6, 6.07) is 7.57. The van der Waals surface area contributed by atoms with E-state index in [1.54, 1.807) is 0 Å². The molecule has 3 N–H and O–H groups in total. The summed E-state index contributed by atoms with van der Waals surface area (Å²) in [6.45, 7) is 5.97. The van der Waals surface area contributed by atoms with Crippen molar-refractivity contribution in [2.75, 3.05) is 18.1 Å². The van der Waals surface area contributed by atoms with Gasteiger partial charge in [0.2, 0.25) is 5.91 Å². The van der Waals surface area contributed by atoms with E-state index in [2.05, 4.69) is 19.2 Å². The van der Waals surface area contributed by atoms with Crippen molar-refractivity contribution in [3.8, 4) is 0 Å². The summed E-state index contributed by atoms with van der Waals surface area (Å²) in [5.41, 5.74) is 8.14. The van der Waals surface area contributed by atoms with Gasteiger partial charge >= 0.3 is 0 Å². The van der Waals surface area contributed by atoms with Crippen LogP contribution in [0.1, 0.15) is 43.9 Å². The van der Waals surface area contributed by atoms with Crippen LogP contribution < -0.4 is 11.1 Å². The Kier molecular flexibility index (Phi) is 8.66. The molecule has 0 aliphatic heterocycles. The van der Waals surface area contributed by atoms with Gasteiger partial charge in [-0.2, -0.15) is 0 Å². The monoisotopic (exact) mass is 348 g/mol. The standard InChI is InChI=1S/C15H24N2O3S.ClH/c1-4-21(19,20)10-15(18)17-9-14(16)13-7-5-12(6-8-13)11(2)3;/h5-8,11,14H,4,9-10,16H2,1-3H3,(H,17,18);1H. The van der Waals surface area contributed by atoms with Crippen molar-refractivity contribution in [1.29, 1.82) is 0 Å². The summed E-state index contributed by atoms with van der Waals surface area (Å²) in [4.78, 5) is 11.6. The first-order valence-corrected chi connectivity index (χ1v) is 8.90. The van der Waals surface area contributed by atoms with Gasteiger partial charge in [-0.3, -0.25) is 4.79 Å². The predicted octanol–water partition coefficient (Wildman–Crippen LogP) is 1.78. The Labute approximate surface area is 139 Å². The van der Waals surface area contributed by atoms with Gasteiger partial charge in [0.15, 0.2) is 9.84 Å². The number of carbonyl (C=O) groups excluding carboxylic acids is 1. The zero-order valence-electron chi connectivity index (χ0n) is 13.2. The first-order valence-electron chi connectivity index (χ1n) is 7.07. The quantitative estimate of drug-likeness (QED) is 0.786. The Morgan fingerprint density at radius 1 is 1.18 bits per heavy atom. The van der Waals surface area contributed by atoms with Crippen molar-refractivity contribution in [3.63, 3.8) is 0 Å². The van der Waals surface area contributed by atoms with E-state index in [-0.39, 0.29) is 30.7 Å². The molecule has 5 nitrogen and oxygen atoms in total. The Bertz CT molecular complexity index is 571. The number of carbonyl (C=O) groups is 1. The fourth-order valence-electron chi connectivity index (χ4n) is 1.82. The van der Waals surface area contributed by atoms with Crippen LogP contribution in [-0.2, 0) is 14.6 Å². The predicted molar refractivity (Wildman–Crippen MR) is 92.0 cm³/mol. The average Bonchev–Trinajstić information content (AvgIpc) is 2.44. The van der Waals surface area contributed by atoms with E-state index in [1.807, 2.05) is 24.3 Å². The second-order valence-electron chi connectivity index (χ2n) is 5.41. The third kappa shape index (κ3) is 6.77. The van der Waals surface area contributed by atoms with Gasteiger partial charge in [0, 0.05) is 18.3 Å². The lowest BCUT2D eigenvalue weighted by Crippen LogP contribution is -2.36. The third-order valence-corrected chi connectivity index (χ3v) is 4.92. The molecule has 1 atom stereocenters. The van der Waals surface area contributed by atoms with Gasteiger partial charge in [0.25, 0.3) is 0 Å². The smallest absolute Gasteiger partial charge is 0.235 e. The van der Waals surface area contributed by atoms with E-state index in [0.717, 1.165) is 5.56 Å².